The van der Waals surface area contributed by atoms with Gasteiger partial charge in [0.05, 0.1) is 10.5 Å². The average Bonchev–Trinajstić information content (AvgIpc) is 2.33. The Bertz CT molecular complexity index is 532. The summed E-state index contributed by atoms with van der Waals surface area (Å²) in [5, 5.41) is 13.3. The molecule has 0 aromatic heterocycles. The van der Waals surface area contributed by atoms with E-state index in [1.165, 1.54) is 6.26 Å². The predicted octanol–water partition coefficient (Wildman–Crippen LogP) is 1.66. The third-order valence-corrected chi connectivity index (χ3v) is 4.96. The summed E-state index contributed by atoms with van der Waals surface area (Å²) in [5.41, 5.74) is 0.483. The van der Waals surface area contributed by atoms with Crippen LogP contribution in [0.2, 0.25) is 0 Å². The molecular weight excluding hydrogens is 262 g/mol. The van der Waals surface area contributed by atoms with Crippen molar-refractivity contribution in [3.63, 3.8) is 0 Å². The van der Waals surface area contributed by atoms with Gasteiger partial charge in [-0.2, -0.15) is 0 Å². The number of sulfone groups is 1. The van der Waals surface area contributed by atoms with Gasteiger partial charge in [0.25, 0.3) is 0 Å². The van der Waals surface area contributed by atoms with Crippen LogP contribution in [-0.2, 0) is 9.84 Å². The van der Waals surface area contributed by atoms with Gasteiger partial charge in [-0.3, -0.25) is 0 Å². The van der Waals surface area contributed by atoms with Crippen LogP contribution in [0.4, 0.5) is 0 Å². The van der Waals surface area contributed by atoms with Crippen molar-refractivity contribution in [2.45, 2.75) is 42.7 Å². The lowest BCUT2D eigenvalue weighted by atomic mass is 9.80. The zero-order valence-electron chi connectivity index (χ0n) is 11.4. The van der Waals surface area contributed by atoms with Gasteiger partial charge in [0, 0.05) is 18.8 Å². The standard InChI is InChI=1S/C14H21NO3S/c1-11(15-10-14(16)8-3-9-14)12-4-6-13(7-5-12)19(2,17)18/h4-7,11,15-16H,3,8-10H2,1-2H3. The highest BCUT2D eigenvalue weighted by atomic mass is 32.2. The van der Waals surface area contributed by atoms with E-state index in [0.717, 1.165) is 24.8 Å². The first-order valence-corrected chi connectivity index (χ1v) is 8.45. The Kier molecular flexibility index (Phi) is 3.99. The fourth-order valence-electron chi connectivity index (χ4n) is 2.23. The van der Waals surface area contributed by atoms with Gasteiger partial charge >= 0.3 is 0 Å². The van der Waals surface area contributed by atoms with E-state index in [1.54, 1.807) is 12.1 Å². The summed E-state index contributed by atoms with van der Waals surface area (Å²) >= 11 is 0. The lowest BCUT2D eigenvalue weighted by Crippen LogP contribution is -2.46. The van der Waals surface area contributed by atoms with Crippen LogP contribution in [0, 0.1) is 0 Å². The van der Waals surface area contributed by atoms with Crippen LogP contribution in [0.3, 0.4) is 0 Å². The van der Waals surface area contributed by atoms with Crippen molar-refractivity contribution in [1.82, 2.24) is 5.32 Å². The number of rotatable bonds is 5. The van der Waals surface area contributed by atoms with Crippen molar-refractivity contribution >= 4 is 9.84 Å². The quantitative estimate of drug-likeness (QED) is 0.862. The van der Waals surface area contributed by atoms with Crippen LogP contribution in [-0.4, -0.2) is 31.9 Å². The third-order valence-electron chi connectivity index (χ3n) is 3.83. The van der Waals surface area contributed by atoms with Gasteiger partial charge in [-0.15, -0.1) is 0 Å². The van der Waals surface area contributed by atoms with Crippen molar-refractivity contribution in [3.05, 3.63) is 29.8 Å². The number of aliphatic hydroxyl groups is 1. The van der Waals surface area contributed by atoms with Crippen molar-refractivity contribution in [2.24, 2.45) is 0 Å². The Balaban J connectivity index is 1.97. The predicted molar refractivity (Wildman–Crippen MR) is 74.8 cm³/mol. The normalized spacial score (nSPS) is 19.7. The van der Waals surface area contributed by atoms with Gasteiger partial charge in [0.2, 0.25) is 0 Å². The van der Waals surface area contributed by atoms with E-state index < -0.39 is 15.4 Å². The van der Waals surface area contributed by atoms with Crippen molar-refractivity contribution in [1.29, 1.82) is 0 Å². The minimum Gasteiger partial charge on any atom is -0.389 e. The lowest BCUT2D eigenvalue weighted by molar-refractivity contribution is -0.0329. The maximum atomic E-state index is 11.4. The van der Waals surface area contributed by atoms with E-state index >= 15 is 0 Å². The van der Waals surface area contributed by atoms with Crippen molar-refractivity contribution in [2.75, 3.05) is 12.8 Å². The van der Waals surface area contributed by atoms with Crippen LogP contribution in [0.15, 0.2) is 29.2 Å². The van der Waals surface area contributed by atoms with Crippen LogP contribution < -0.4 is 5.32 Å². The van der Waals surface area contributed by atoms with E-state index in [1.807, 2.05) is 19.1 Å². The molecule has 0 heterocycles. The highest BCUT2D eigenvalue weighted by Gasteiger charge is 2.34. The molecule has 1 aliphatic carbocycles. The van der Waals surface area contributed by atoms with Gasteiger partial charge in [-0.05, 0) is 43.9 Å². The molecule has 1 atom stereocenters. The molecule has 1 aromatic rings. The van der Waals surface area contributed by atoms with E-state index in [2.05, 4.69) is 5.32 Å². The van der Waals surface area contributed by atoms with Gasteiger partial charge in [-0.1, -0.05) is 12.1 Å². The van der Waals surface area contributed by atoms with Crippen LogP contribution in [0.5, 0.6) is 0 Å². The number of nitrogens with one attached hydrogen (secondary N) is 1. The summed E-state index contributed by atoms with van der Waals surface area (Å²) in [7, 11) is -3.14. The molecule has 1 aromatic carbocycles. The van der Waals surface area contributed by atoms with Crippen molar-refractivity contribution < 1.29 is 13.5 Å². The van der Waals surface area contributed by atoms with Crippen LogP contribution in [0.25, 0.3) is 0 Å². The molecule has 0 radical (unpaired) electrons. The second kappa shape index (κ2) is 5.23. The molecule has 1 unspecified atom stereocenters. The highest BCUT2D eigenvalue weighted by molar-refractivity contribution is 7.90. The Morgan fingerprint density at radius 2 is 1.89 bits per heavy atom. The molecule has 0 saturated heterocycles. The molecule has 2 rings (SSSR count). The first-order chi connectivity index (χ1) is 8.80. The molecule has 0 spiro atoms. The van der Waals surface area contributed by atoms with E-state index in [9.17, 15) is 13.5 Å². The molecule has 0 bridgehead atoms. The second-order valence-corrected chi connectivity index (χ2v) is 7.54. The molecule has 1 fully saturated rings. The largest absolute Gasteiger partial charge is 0.389 e. The Hall–Kier alpha value is -0.910. The first-order valence-electron chi connectivity index (χ1n) is 6.56. The SMILES string of the molecule is CC(NCC1(O)CCC1)c1ccc(S(C)(=O)=O)cc1. The average molecular weight is 283 g/mol. The molecule has 2 N–H and O–H groups in total. The maximum absolute atomic E-state index is 11.4. The molecule has 1 saturated carbocycles. The summed E-state index contributed by atoms with van der Waals surface area (Å²) in [6.07, 6.45) is 4.02. The van der Waals surface area contributed by atoms with E-state index in [-0.39, 0.29) is 6.04 Å². The van der Waals surface area contributed by atoms with Crippen LogP contribution in [0.1, 0.15) is 37.8 Å². The maximum Gasteiger partial charge on any atom is 0.175 e. The molecule has 5 heteroatoms. The molecule has 19 heavy (non-hydrogen) atoms. The lowest BCUT2D eigenvalue weighted by Gasteiger charge is -2.37. The molecule has 0 amide bonds. The summed E-state index contributed by atoms with van der Waals surface area (Å²) < 4.78 is 22.7. The first kappa shape index (κ1) is 14.5. The van der Waals surface area contributed by atoms with E-state index in [4.69, 9.17) is 0 Å². The third kappa shape index (κ3) is 3.55. The monoisotopic (exact) mass is 283 g/mol. The molecule has 0 aliphatic heterocycles. The summed E-state index contributed by atoms with van der Waals surface area (Å²) in [6, 6.07) is 6.98. The topological polar surface area (TPSA) is 66.4 Å². The zero-order valence-corrected chi connectivity index (χ0v) is 12.2. The summed E-state index contributed by atoms with van der Waals surface area (Å²) in [5.74, 6) is 0. The van der Waals surface area contributed by atoms with Gasteiger partial charge in [-0.25, -0.2) is 8.42 Å². The van der Waals surface area contributed by atoms with Crippen molar-refractivity contribution in [3.8, 4) is 0 Å². The fourth-order valence-corrected chi connectivity index (χ4v) is 2.86. The Morgan fingerprint density at radius 3 is 2.32 bits per heavy atom. The Morgan fingerprint density at radius 1 is 1.32 bits per heavy atom. The van der Waals surface area contributed by atoms with Gasteiger partial charge < -0.3 is 10.4 Å². The zero-order chi connectivity index (χ0) is 14.1. The number of hydrogen-bond acceptors (Lipinski definition) is 4. The fraction of sp³-hybridized carbons (Fsp3) is 0.571. The molecule has 106 valence electrons. The minimum absolute atomic E-state index is 0.0956. The van der Waals surface area contributed by atoms with Gasteiger partial charge in [0.1, 0.15) is 0 Å². The van der Waals surface area contributed by atoms with Crippen LogP contribution >= 0.6 is 0 Å². The summed E-state index contributed by atoms with van der Waals surface area (Å²) in [4.78, 5) is 0.334. The number of benzene rings is 1. The van der Waals surface area contributed by atoms with Gasteiger partial charge in [0.15, 0.2) is 9.84 Å². The smallest absolute Gasteiger partial charge is 0.175 e. The molecular formula is C14H21NO3S. The highest BCUT2D eigenvalue weighted by Crippen LogP contribution is 2.31. The minimum atomic E-state index is -3.14. The second-order valence-electron chi connectivity index (χ2n) is 5.52. The molecule has 4 nitrogen and oxygen atoms in total. The van der Waals surface area contributed by atoms with E-state index in [0.29, 0.717) is 11.4 Å². The summed E-state index contributed by atoms with van der Waals surface area (Å²) in [6.45, 7) is 2.60. The Labute approximate surface area is 114 Å². The number of hydrogen-bond donors (Lipinski definition) is 2. The molecule has 1 aliphatic rings.